The minimum Gasteiger partial charge on any atom is -0.166 e. The van der Waals surface area contributed by atoms with Gasteiger partial charge in [-0.05, 0) is 30.5 Å². The normalized spacial score (nSPS) is 12.3. The maximum Gasteiger partial charge on any atom is 0.416 e. The summed E-state index contributed by atoms with van der Waals surface area (Å²) in [7, 11) is 0. The fraction of sp³-hybridized carbons (Fsp3) is 0.333. The maximum atomic E-state index is 12.6. The monoisotopic (exact) mass is 292 g/mol. The van der Waals surface area contributed by atoms with Crippen LogP contribution in [0.2, 0.25) is 0 Å². The average molecular weight is 293 g/mol. The molecule has 0 aliphatic rings. The van der Waals surface area contributed by atoms with E-state index in [9.17, 15) is 13.2 Å². The molecule has 0 N–H and O–H groups in total. The second kappa shape index (κ2) is 5.53. The van der Waals surface area contributed by atoms with Gasteiger partial charge in [0.2, 0.25) is 0 Å². The Kier molecular flexibility index (Phi) is 4.59. The van der Waals surface area contributed by atoms with Crippen LogP contribution in [-0.4, -0.2) is 5.33 Å². The predicted octanol–water partition coefficient (Wildman–Crippen LogP) is 4.81. The summed E-state index contributed by atoms with van der Waals surface area (Å²) in [5.74, 6) is 0. The summed E-state index contributed by atoms with van der Waals surface area (Å²) >= 11 is 3.25. The third-order valence-electron chi connectivity index (χ3n) is 2.15. The van der Waals surface area contributed by atoms with Crippen LogP contribution in [0.4, 0.5) is 13.2 Å². The van der Waals surface area contributed by atoms with Crippen molar-refractivity contribution in [3.8, 4) is 0 Å². The summed E-state index contributed by atoms with van der Waals surface area (Å²) in [5, 5.41) is 0.807. The highest BCUT2D eigenvalue weighted by Gasteiger charge is 2.32. The van der Waals surface area contributed by atoms with E-state index in [1.807, 2.05) is 6.08 Å². The minimum absolute atomic E-state index is 0.255. The van der Waals surface area contributed by atoms with Crippen LogP contribution in [0.5, 0.6) is 0 Å². The van der Waals surface area contributed by atoms with E-state index in [1.165, 1.54) is 19.1 Å². The van der Waals surface area contributed by atoms with Gasteiger partial charge in [-0.2, -0.15) is 13.2 Å². The first-order chi connectivity index (χ1) is 7.45. The Hall–Kier alpha value is -0.770. The molecule has 0 aliphatic carbocycles. The summed E-state index contributed by atoms with van der Waals surface area (Å²) in [6.07, 6.45) is 0.0775. The van der Waals surface area contributed by atoms with Crippen molar-refractivity contribution in [3.63, 3.8) is 0 Å². The summed E-state index contributed by atoms with van der Waals surface area (Å²) < 4.78 is 37.8. The van der Waals surface area contributed by atoms with Crippen molar-refractivity contribution in [2.75, 3.05) is 5.33 Å². The van der Waals surface area contributed by atoms with Crippen molar-refractivity contribution in [1.29, 1.82) is 0 Å². The first kappa shape index (κ1) is 13.3. The highest BCUT2D eigenvalue weighted by Crippen LogP contribution is 2.32. The fourth-order valence-corrected chi connectivity index (χ4v) is 1.60. The van der Waals surface area contributed by atoms with Crippen molar-refractivity contribution in [2.45, 2.75) is 19.5 Å². The van der Waals surface area contributed by atoms with Gasteiger partial charge in [-0.25, -0.2) is 0 Å². The van der Waals surface area contributed by atoms with Crippen LogP contribution in [-0.2, 0) is 6.18 Å². The topological polar surface area (TPSA) is 0 Å². The molecule has 0 nitrogen and oxygen atoms in total. The zero-order chi connectivity index (χ0) is 12.2. The molecule has 0 saturated carbocycles. The Bertz CT molecular complexity index is 380. The highest BCUT2D eigenvalue weighted by atomic mass is 79.9. The van der Waals surface area contributed by atoms with E-state index in [0.717, 1.165) is 11.8 Å². The van der Waals surface area contributed by atoms with Gasteiger partial charge in [0.1, 0.15) is 0 Å². The maximum absolute atomic E-state index is 12.6. The minimum atomic E-state index is -4.27. The van der Waals surface area contributed by atoms with E-state index >= 15 is 0 Å². The molecule has 0 aromatic heterocycles. The fourth-order valence-electron chi connectivity index (χ4n) is 1.33. The lowest BCUT2D eigenvalue weighted by atomic mass is 10.0. The van der Waals surface area contributed by atoms with Gasteiger partial charge >= 0.3 is 6.18 Å². The molecule has 0 amide bonds. The molecule has 0 bridgehead atoms. The SMILES string of the molecule is Cc1ccc(C=CCCBr)cc1C(F)(F)F. The molecule has 0 fully saturated rings. The third-order valence-corrected chi connectivity index (χ3v) is 2.61. The van der Waals surface area contributed by atoms with Crippen molar-refractivity contribution in [2.24, 2.45) is 0 Å². The summed E-state index contributed by atoms with van der Waals surface area (Å²) in [5.41, 5.74) is 0.275. The number of aryl methyl sites for hydroxylation is 1. The van der Waals surface area contributed by atoms with E-state index in [1.54, 1.807) is 12.1 Å². The van der Waals surface area contributed by atoms with Gasteiger partial charge in [-0.1, -0.05) is 40.2 Å². The summed E-state index contributed by atoms with van der Waals surface area (Å²) in [6.45, 7) is 1.47. The zero-order valence-corrected chi connectivity index (χ0v) is 10.4. The smallest absolute Gasteiger partial charge is 0.166 e. The Morgan fingerprint density at radius 3 is 2.56 bits per heavy atom. The van der Waals surface area contributed by atoms with Gasteiger partial charge in [-0.15, -0.1) is 0 Å². The van der Waals surface area contributed by atoms with Crippen molar-refractivity contribution in [1.82, 2.24) is 0 Å². The number of rotatable bonds is 3. The summed E-state index contributed by atoms with van der Waals surface area (Å²) in [6, 6.07) is 4.37. The average Bonchev–Trinajstić information content (AvgIpc) is 2.19. The van der Waals surface area contributed by atoms with Gasteiger partial charge in [0.15, 0.2) is 0 Å². The van der Waals surface area contributed by atoms with Crippen LogP contribution < -0.4 is 0 Å². The van der Waals surface area contributed by atoms with Crippen LogP contribution >= 0.6 is 15.9 Å². The second-order valence-electron chi connectivity index (χ2n) is 3.45. The number of halogens is 4. The molecule has 0 radical (unpaired) electrons. The Morgan fingerprint density at radius 1 is 1.31 bits per heavy atom. The van der Waals surface area contributed by atoms with Gasteiger partial charge in [0, 0.05) is 5.33 Å². The lowest BCUT2D eigenvalue weighted by Gasteiger charge is -2.10. The summed E-state index contributed by atoms with van der Waals surface area (Å²) in [4.78, 5) is 0. The molecular formula is C12H12BrF3. The lowest BCUT2D eigenvalue weighted by molar-refractivity contribution is -0.138. The zero-order valence-electron chi connectivity index (χ0n) is 8.81. The number of hydrogen-bond donors (Lipinski definition) is 0. The molecule has 1 aromatic carbocycles. The molecule has 0 unspecified atom stereocenters. The van der Waals surface area contributed by atoms with Gasteiger partial charge in [-0.3, -0.25) is 0 Å². The van der Waals surface area contributed by atoms with Crippen LogP contribution in [0.1, 0.15) is 23.1 Å². The van der Waals surface area contributed by atoms with Crippen molar-refractivity contribution in [3.05, 3.63) is 41.0 Å². The van der Waals surface area contributed by atoms with Crippen LogP contribution in [0, 0.1) is 6.92 Å². The first-order valence-electron chi connectivity index (χ1n) is 4.85. The van der Waals surface area contributed by atoms with E-state index in [4.69, 9.17) is 0 Å². The van der Waals surface area contributed by atoms with Crippen LogP contribution in [0.15, 0.2) is 24.3 Å². The van der Waals surface area contributed by atoms with E-state index < -0.39 is 11.7 Å². The molecule has 0 atom stereocenters. The van der Waals surface area contributed by atoms with E-state index in [0.29, 0.717) is 5.56 Å². The predicted molar refractivity (Wildman–Crippen MR) is 63.6 cm³/mol. The highest BCUT2D eigenvalue weighted by molar-refractivity contribution is 9.09. The molecule has 0 spiro atoms. The van der Waals surface area contributed by atoms with E-state index in [-0.39, 0.29) is 5.56 Å². The van der Waals surface area contributed by atoms with Crippen molar-refractivity contribution >= 4 is 22.0 Å². The number of alkyl halides is 4. The molecule has 4 heteroatoms. The van der Waals surface area contributed by atoms with Gasteiger partial charge in [0.05, 0.1) is 5.56 Å². The van der Waals surface area contributed by atoms with Gasteiger partial charge in [0.25, 0.3) is 0 Å². The van der Waals surface area contributed by atoms with Crippen molar-refractivity contribution < 1.29 is 13.2 Å². The van der Waals surface area contributed by atoms with Crippen LogP contribution in [0.25, 0.3) is 6.08 Å². The number of allylic oxidation sites excluding steroid dienone is 1. The molecular weight excluding hydrogens is 281 g/mol. The quantitative estimate of drug-likeness (QED) is 0.701. The third kappa shape index (κ3) is 3.67. The molecule has 0 saturated heterocycles. The molecule has 16 heavy (non-hydrogen) atoms. The van der Waals surface area contributed by atoms with Gasteiger partial charge < -0.3 is 0 Å². The molecule has 0 heterocycles. The Balaban J connectivity index is 2.99. The second-order valence-corrected chi connectivity index (χ2v) is 4.25. The van der Waals surface area contributed by atoms with Crippen LogP contribution in [0.3, 0.4) is 0 Å². The van der Waals surface area contributed by atoms with E-state index in [2.05, 4.69) is 15.9 Å². The first-order valence-corrected chi connectivity index (χ1v) is 5.97. The molecule has 88 valence electrons. The Morgan fingerprint density at radius 2 is 2.00 bits per heavy atom. The lowest BCUT2D eigenvalue weighted by Crippen LogP contribution is -2.07. The number of hydrogen-bond acceptors (Lipinski definition) is 0. The molecule has 1 rings (SSSR count). The number of benzene rings is 1. The largest absolute Gasteiger partial charge is 0.416 e. The molecule has 1 aromatic rings. The molecule has 0 aliphatic heterocycles. The standard InChI is InChI=1S/C12H12BrF3/c1-9-5-6-10(4-2-3-7-13)8-11(9)12(14,15)16/h2,4-6,8H,3,7H2,1H3. The Labute approximate surface area is 101 Å².